The first-order chi connectivity index (χ1) is 18.5. The molecule has 0 fully saturated rings. The largest absolute Gasteiger partial charge is 0.458 e. The molecule has 11 heteroatoms. The number of halogens is 3. The van der Waals surface area contributed by atoms with Crippen LogP contribution >= 0.6 is 0 Å². The number of carbonyl (C=O) groups excluding carboxylic acids is 1. The third-order valence-electron chi connectivity index (χ3n) is 5.93. The molecule has 0 bridgehead atoms. The van der Waals surface area contributed by atoms with E-state index >= 15 is 0 Å². The summed E-state index contributed by atoms with van der Waals surface area (Å²) in [5.74, 6) is 3.20. The Balaban J connectivity index is 1.86. The lowest BCUT2D eigenvalue weighted by Crippen LogP contribution is -2.32. The van der Waals surface area contributed by atoms with Gasteiger partial charge in [0, 0.05) is 36.5 Å². The number of benzene rings is 2. The van der Waals surface area contributed by atoms with Crippen LogP contribution in [0.25, 0.3) is 16.5 Å². The van der Waals surface area contributed by atoms with E-state index in [2.05, 4.69) is 28.2 Å². The van der Waals surface area contributed by atoms with Crippen molar-refractivity contribution in [1.82, 2.24) is 19.7 Å². The average Bonchev–Trinajstić information content (AvgIpc) is 3.18. The van der Waals surface area contributed by atoms with E-state index in [0.29, 0.717) is 29.1 Å². The van der Waals surface area contributed by atoms with Crippen LogP contribution in [0.3, 0.4) is 0 Å². The summed E-state index contributed by atoms with van der Waals surface area (Å²) in [6.45, 7) is 5.71. The van der Waals surface area contributed by atoms with Crippen molar-refractivity contribution in [2.45, 2.75) is 19.1 Å². The SMILES string of the molecule is C=CCNc1c(C(=O)NC(C)c2cc3cccc(C#CC(F)(F)F)c3c(=O)n2-c2ccccc2)c(N)nn1C. The van der Waals surface area contributed by atoms with Crippen LogP contribution in [0.2, 0.25) is 0 Å². The molecule has 1 amide bonds. The number of para-hydroxylation sites is 1. The summed E-state index contributed by atoms with van der Waals surface area (Å²) in [5, 5.41) is 10.4. The molecular weight excluding hydrogens is 509 g/mol. The van der Waals surface area contributed by atoms with Crippen LogP contribution in [-0.4, -0.2) is 33.0 Å². The molecule has 0 spiro atoms. The number of amides is 1. The zero-order valence-corrected chi connectivity index (χ0v) is 21.1. The number of hydrogen-bond acceptors (Lipinski definition) is 5. The van der Waals surface area contributed by atoms with Crippen molar-refractivity contribution in [3.63, 3.8) is 0 Å². The molecule has 0 saturated carbocycles. The van der Waals surface area contributed by atoms with E-state index < -0.39 is 23.7 Å². The van der Waals surface area contributed by atoms with Gasteiger partial charge in [-0.3, -0.25) is 18.8 Å². The van der Waals surface area contributed by atoms with E-state index in [1.807, 2.05) is 0 Å². The summed E-state index contributed by atoms with van der Waals surface area (Å²) < 4.78 is 41.3. The fraction of sp³-hybridized carbons (Fsp3) is 0.179. The maximum Gasteiger partial charge on any atom is 0.458 e. The van der Waals surface area contributed by atoms with Gasteiger partial charge in [-0.05, 0) is 36.6 Å². The molecule has 39 heavy (non-hydrogen) atoms. The second-order valence-electron chi connectivity index (χ2n) is 8.66. The first kappa shape index (κ1) is 27.1. The Hall–Kier alpha value is -4.98. The Morgan fingerprint density at radius 2 is 1.92 bits per heavy atom. The number of carbonyl (C=O) groups is 1. The van der Waals surface area contributed by atoms with E-state index in [4.69, 9.17) is 5.73 Å². The summed E-state index contributed by atoms with van der Waals surface area (Å²) in [6.07, 6.45) is -3.10. The number of nitrogens with two attached hydrogens (primary N) is 1. The third kappa shape index (κ3) is 5.65. The Morgan fingerprint density at radius 3 is 2.59 bits per heavy atom. The molecule has 2 heterocycles. The fourth-order valence-electron chi connectivity index (χ4n) is 4.27. The zero-order chi connectivity index (χ0) is 28.3. The Labute approximate surface area is 221 Å². The van der Waals surface area contributed by atoms with Crippen LogP contribution < -0.4 is 21.9 Å². The van der Waals surface area contributed by atoms with Gasteiger partial charge in [0.1, 0.15) is 11.4 Å². The lowest BCUT2D eigenvalue weighted by molar-refractivity contribution is -0.0696. The minimum absolute atomic E-state index is 0.0144. The molecule has 0 aliphatic heterocycles. The van der Waals surface area contributed by atoms with Gasteiger partial charge in [-0.25, -0.2) is 0 Å². The molecule has 4 N–H and O–H groups in total. The van der Waals surface area contributed by atoms with E-state index in [1.165, 1.54) is 27.3 Å². The van der Waals surface area contributed by atoms with Gasteiger partial charge in [-0.1, -0.05) is 42.3 Å². The molecule has 8 nitrogen and oxygen atoms in total. The van der Waals surface area contributed by atoms with Crippen molar-refractivity contribution in [2.24, 2.45) is 7.05 Å². The van der Waals surface area contributed by atoms with Gasteiger partial charge in [0.15, 0.2) is 5.82 Å². The molecule has 0 aliphatic rings. The minimum atomic E-state index is -4.72. The predicted molar refractivity (Wildman–Crippen MR) is 145 cm³/mol. The number of rotatable bonds is 7. The number of anilines is 2. The van der Waals surface area contributed by atoms with Crippen LogP contribution in [0, 0.1) is 11.8 Å². The van der Waals surface area contributed by atoms with E-state index in [-0.39, 0.29) is 22.3 Å². The fourth-order valence-corrected chi connectivity index (χ4v) is 4.27. The van der Waals surface area contributed by atoms with Crippen molar-refractivity contribution < 1.29 is 18.0 Å². The highest BCUT2D eigenvalue weighted by molar-refractivity contribution is 6.03. The normalized spacial score (nSPS) is 11.9. The predicted octanol–water partition coefficient (Wildman–Crippen LogP) is 4.31. The molecule has 0 saturated heterocycles. The first-order valence-corrected chi connectivity index (χ1v) is 11.8. The quantitative estimate of drug-likeness (QED) is 0.242. The van der Waals surface area contributed by atoms with Gasteiger partial charge in [0.2, 0.25) is 0 Å². The standard InChI is InChI=1S/C28H25F3N6O2/c1-4-15-33-25-23(24(32)35-36(25)3)26(38)34-17(2)21-16-19-10-8-9-18(13-14-28(29,30)31)22(19)27(39)37(21)20-11-6-5-7-12-20/h4-12,16-17,33H,1,15H2,2-3H3,(H2,32,35)(H,34,38). The number of aromatic nitrogens is 3. The number of nitrogens with zero attached hydrogens (tertiary/aromatic N) is 3. The van der Waals surface area contributed by atoms with Gasteiger partial charge in [-0.2, -0.15) is 18.3 Å². The number of nitrogen functional groups attached to an aromatic ring is 1. The zero-order valence-electron chi connectivity index (χ0n) is 21.1. The van der Waals surface area contributed by atoms with Gasteiger partial charge < -0.3 is 16.4 Å². The molecule has 0 aliphatic carbocycles. The first-order valence-electron chi connectivity index (χ1n) is 11.8. The number of pyridine rings is 1. The van der Waals surface area contributed by atoms with Crippen LogP contribution in [0.1, 0.15) is 34.6 Å². The van der Waals surface area contributed by atoms with Crippen LogP contribution in [-0.2, 0) is 7.05 Å². The van der Waals surface area contributed by atoms with Crippen molar-refractivity contribution in [3.8, 4) is 17.5 Å². The summed E-state index contributed by atoms with van der Waals surface area (Å²) in [6, 6.07) is 14.0. The van der Waals surface area contributed by atoms with Gasteiger partial charge >= 0.3 is 6.18 Å². The van der Waals surface area contributed by atoms with E-state index in [9.17, 15) is 22.8 Å². The topological polar surface area (TPSA) is 107 Å². The number of nitrogens with one attached hydrogen (secondary N) is 2. The smallest absolute Gasteiger partial charge is 0.381 e. The minimum Gasteiger partial charge on any atom is -0.381 e. The highest BCUT2D eigenvalue weighted by Crippen LogP contribution is 2.26. The summed E-state index contributed by atoms with van der Waals surface area (Å²) >= 11 is 0. The number of hydrogen-bond donors (Lipinski definition) is 3. The van der Waals surface area contributed by atoms with Gasteiger partial charge in [0.05, 0.1) is 11.4 Å². The number of alkyl halides is 3. The van der Waals surface area contributed by atoms with Crippen molar-refractivity contribution in [3.05, 3.63) is 94.4 Å². The molecular formula is C28H25F3N6O2. The van der Waals surface area contributed by atoms with Crippen molar-refractivity contribution in [2.75, 3.05) is 17.6 Å². The monoisotopic (exact) mass is 534 g/mol. The third-order valence-corrected chi connectivity index (χ3v) is 5.93. The molecule has 0 radical (unpaired) electrons. The van der Waals surface area contributed by atoms with Gasteiger partial charge in [0.25, 0.3) is 11.5 Å². The number of aryl methyl sites for hydroxylation is 1. The Kier molecular flexibility index (Phi) is 7.49. The molecule has 200 valence electrons. The summed E-state index contributed by atoms with van der Waals surface area (Å²) in [5.41, 5.74) is 6.39. The molecule has 4 aromatic rings. The Bertz CT molecular complexity index is 1680. The van der Waals surface area contributed by atoms with Gasteiger partial charge in [-0.15, -0.1) is 6.58 Å². The van der Waals surface area contributed by atoms with E-state index in [0.717, 1.165) is 0 Å². The lowest BCUT2D eigenvalue weighted by atomic mass is 10.0. The second kappa shape index (κ2) is 10.8. The number of fused-ring (bicyclic) bond motifs is 1. The summed E-state index contributed by atoms with van der Waals surface area (Å²) in [7, 11) is 1.64. The van der Waals surface area contributed by atoms with Crippen LogP contribution in [0.4, 0.5) is 24.8 Å². The summed E-state index contributed by atoms with van der Waals surface area (Å²) in [4.78, 5) is 27.2. The van der Waals surface area contributed by atoms with Crippen molar-refractivity contribution >= 4 is 28.3 Å². The molecule has 1 unspecified atom stereocenters. The highest BCUT2D eigenvalue weighted by Gasteiger charge is 2.26. The maximum absolute atomic E-state index is 13.8. The van der Waals surface area contributed by atoms with Crippen LogP contribution in [0.15, 0.2) is 72.0 Å². The highest BCUT2D eigenvalue weighted by atomic mass is 19.4. The Morgan fingerprint density at radius 1 is 1.21 bits per heavy atom. The molecule has 2 aromatic heterocycles. The lowest BCUT2D eigenvalue weighted by Gasteiger charge is -2.21. The molecule has 1 atom stereocenters. The maximum atomic E-state index is 13.8. The molecule has 2 aromatic carbocycles. The van der Waals surface area contributed by atoms with Crippen molar-refractivity contribution in [1.29, 1.82) is 0 Å². The van der Waals surface area contributed by atoms with E-state index in [1.54, 1.807) is 62.5 Å². The molecule has 4 rings (SSSR count). The average molecular weight is 535 g/mol. The van der Waals surface area contributed by atoms with Crippen LogP contribution in [0.5, 0.6) is 0 Å². The second-order valence-corrected chi connectivity index (χ2v) is 8.66.